The third kappa shape index (κ3) is 3.76. The second-order valence-electron chi connectivity index (χ2n) is 8.39. The van der Waals surface area contributed by atoms with Crippen molar-refractivity contribution in [3.8, 4) is 11.5 Å². The molecule has 4 atom stereocenters. The summed E-state index contributed by atoms with van der Waals surface area (Å²) in [5.74, 6) is 1.45. The molecule has 1 fully saturated rings. The van der Waals surface area contributed by atoms with E-state index in [1.165, 1.54) is 18.4 Å². The first kappa shape index (κ1) is 21.6. The second-order valence-corrected chi connectivity index (χ2v) is 8.39. The SMILES string of the molecule is CCCc1c([C@@H]2C[C@@H]3C(C(=O)OC)=CO[C@@H](C)[C@@H]3CN2)[nH]c2cc(OC)c(OC)cc12. The van der Waals surface area contributed by atoms with E-state index in [4.69, 9.17) is 18.9 Å². The molecular formula is C24H32N2O5. The lowest BCUT2D eigenvalue weighted by molar-refractivity contribution is -0.138. The van der Waals surface area contributed by atoms with Crippen molar-refractivity contribution in [2.45, 2.75) is 45.3 Å². The molecule has 2 aromatic rings. The van der Waals surface area contributed by atoms with Crippen LogP contribution >= 0.6 is 0 Å². The number of aromatic amines is 1. The topological polar surface area (TPSA) is 81.8 Å². The number of fused-ring (bicyclic) bond motifs is 2. The summed E-state index contributed by atoms with van der Waals surface area (Å²) in [7, 11) is 4.73. The van der Waals surface area contributed by atoms with E-state index in [0.717, 1.165) is 42.5 Å². The number of aryl methyl sites for hydroxylation is 1. The van der Waals surface area contributed by atoms with E-state index in [1.54, 1.807) is 20.5 Å². The van der Waals surface area contributed by atoms with Crippen molar-refractivity contribution in [1.82, 2.24) is 10.3 Å². The molecule has 168 valence electrons. The van der Waals surface area contributed by atoms with Crippen LogP contribution in [0.15, 0.2) is 24.0 Å². The fourth-order valence-electron chi connectivity index (χ4n) is 5.10. The van der Waals surface area contributed by atoms with Gasteiger partial charge in [0.15, 0.2) is 11.5 Å². The number of rotatable bonds is 6. The number of methoxy groups -OCH3 is 3. The van der Waals surface area contributed by atoms with Crippen LogP contribution in [0.3, 0.4) is 0 Å². The highest BCUT2D eigenvalue weighted by Crippen LogP contribution is 2.43. The number of carbonyl (C=O) groups is 1. The monoisotopic (exact) mass is 428 g/mol. The van der Waals surface area contributed by atoms with Gasteiger partial charge in [-0.3, -0.25) is 0 Å². The fourth-order valence-corrected chi connectivity index (χ4v) is 5.10. The molecular weight excluding hydrogens is 396 g/mol. The Morgan fingerprint density at radius 2 is 1.94 bits per heavy atom. The standard InChI is InChI=1S/C24H32N2O5/c1-6-7-14-16-9-21(28-3)22(29-4)10-19(16)26-23(14)20-8-15-17(11-25-20)13(2)31-12-18(15)24(27)30-5/h9-10,12-13,15,17,20,25-26H,6-8,11H2,1-5H3/t13-,15-,17-,20-/m0/s1. The summed E-state index contributed by atoms with van der Waals surface area (Å²) in [5, 5.41) is 4.86. The van der Waals surface area contributed by atoms with Gasteiger partial charge in [-0.05, 0) is 31.4 Å². The average Bonchev–Trinajstić information content (AvgIpc) is 3.15. The summed E-state index contributed by atoms with van der Waals surface area (Å²) in [6.07, 6.45) is 4.45. The first-order valence-electron chi connectivity index (χ1n) is 11.0. The van der Waals surface area contributed by atoms with Crippen LogP contribution in [0.25, 0.3) is 10.9 Å². The van der Waals surface area contributed by atoms with Crippen LogP contribution in [-0.2, 0) is 20.7 Å². The van der Waals surface area contributed by atoms with E-state index >= 15 is 0 Å². The maximum Gasteiger partial charge on any atom is 0.337 e. The molecule has 1 saturated heterocycles. The summed E-state index contributed by atoms with van der Waals surface area (Å²) in [6.45, 7) is 5.03. The van der Waals surface area contributed by atoms with Crippen molar-refractivity contribution in [3.05, 3.63) is 35.2 Å². The van der Waals surface area contributed by atoms with Crippen LogP contribution in [0.1, 0.15) is 44.0 Å². The number of carbonyl (C=O) groups excluding carboxylic acids is 1. The minimum atomic E-state index is -0.303. The molecule has 2 aliphatic rings. The summed E-state index contributed by atoms with van der Waals surface area (Å²) < 4.78 is 21.8. The van der Waals surface area contributed by atoms with Gasteiger partial charge in [-0.1, -0.05) is 13.3 Å². The summed E-state index contributed by atoms with van der Waals surface area (Å²) in [4.78, 5) is 16.0. The number of ether oxygens (including phenoxy) is 4. The molecule has 7 nitrogen and oxygen atoms in total. The molecule has 1 aromatic carbocycles. The normalized spacial score (nSPS) is 25.4. The minimum Gasteiger partial charge on any atom is -0.497 e. The fraction of sp³-hybridized carbons (Fsp3) is 0.542. The second kappa shape index (κ2) is 8.83. The van der Waals surface area contributed by atoms with Gasteiger partial charge in [0.1, 0.15) is 0 Å². The molecule has 0 unspecified atom stereocenters. The van der Waals surface area contributed by atoms with Crippen LogP contribution in [0, 0.1) is 11.8 Å². The Hall–Kier alpha value is -2.67. The van der Waals surface area contributed by atoms with Crippen molar-refractivity contribution in [2.24, 2.45) is 11.8 Å². The van der Waals surface area contributed by atoms with Crippen LogP contribution in [-0.4, -0.2) is 44.9 Å². The number of H-pyrrole nitrogens is 1. The molecule has 2 aliphatic heterocycles. The van der Waals surface area contributed by atoms with Crippen molar-refractivity contribution >= 4 is 16.9 Å². The van der Waals surface area contributed by atoms with Gasteiger partial charge in [-0.25, -0.2) is 4.79 Å². The van der Waals surface area contributed by atoms with Crippen molar-refractivity contribution in [2.75, 3.05) is 27.9 Å². The Morgan fingerprint density at radius 1 is 1.19 bits per heavy atom. The van der Waals surface area contributed by atoms with Gasteiger partial charge in [0.05, 0.1) is 39.3 Å². The van der Waals surface area contributed by atoms with E-state index in [2.05, 4.69) is 30.2 Å². The lowest BCUT2D eigenvalue weighted by Gasteiger charge is -2.42. The summed E-state index contributed by atoms with van der Waals surface area (Å²) >= 11 is 0. The number of hydrogen-bond acceptors (Lipinski definition) is 6. The van der Waals surface area contributed by atoms with Crippen molar-refractivity contribution < 1.29 is 23.7 Å². The van der Waals surface area contributed by atoms with Gasteiger partial charge in [0.2, 0.25) is 0 Å². The number of hydrogen-bond donors (Lipinski definition) is 2. The van der Waals surface area contributed by atoms with E-state index in [0.29, 0.717) is 11.3 Å². The summed E-state index contributed by atoms with van der Waals surface area (Å²) in [6, 6.07) is 4.16. The highest BCUT2D eigenvalue weighted by atomic mass is 16.5. The van der Waals surface area contributed by atoms with E-state index in [-0.39, 0.29) is 30.0 Å². The third-order valence-electron chi connectivity index (χ3n) is 6.73. The molecule has 0 bridgehead atoms. The molecule has 0 spiro atoms. The zero-order chi connectivity index (χ0) is 22.1. The Kier molecular flexibility index (Phi) is 6.14. The molecule has 0 amide bonds. The van der Waals surface area contributed by atoms with Crippen molar-refractivity contribution in [3.63, 3.8) is 0 Å². The number of aromatic nitrogens is 1. The first-order valence-corrected chi connectivity index (χ1v) is 11.0. The lowest BCUT2D eigenvalue weighted by atomic mass is 9.74. The minimum absolute atomic E-state index is 0.0539. The number of benzene rings is 1. The molecule has 0 radical (unpaired) electrons. The maximum absolute atomic E-state index is 12.4. The number of piperidine rings is 1. The zero-order valence-corrected chi connectivity index (χ0v) is 18.9. The van der Waals surface area contributed by atoms with Crippen LogP contribution in [0.5, 0.6) is 11.5 Å². The highest BCUT2D eigenvalue weighted by Gasteiger charge is 2.42. The predicted molar refractivity (Wildman–Crippen MR) is 118 cm³/mol. The van der Waals surface area contributed by atoms with E-state index < -0.39 is 0 Å². The molecule has 7 heteroatoms. The van der Waals surface area contributed by atoms with Crippen LogP contribution in [0.4, 0.5) is 0 Å². The van der Waals surface area contributed by atoms with E-state index in [9.17, 15) is 4.79 Å². The van der Waals surface area contributed by atoms with Gasteiger partial charge in [0.25, 0.3) is 0 Å². The van der Waals surface area contributed by atoms with Gasteiger partial charge < -0.3 is 29.2 Å². The maximum atomic E-state index is 12.4. The number of nitrogens with one attached hydrogen (secondary N) is 2. The largest absolute Gasteiger partial charge is 0.497 e. The molecule has 1 aromatic heterocycles. The Labute approximate surface area is 183 Å². The Balaban J connectivity index is 1.74. The van der Waals surface area contributed by atoms with Gasteiger partial charge in [-0.2, -0.15) is 0 Å². The quantitative estimate of drug-likeness (QED) is 0.680. The number of esters is 1. The van der Waals surface area contributed by atoms with Crippen molar-refractivity contribution in [1.29, 1.82) is 0 Å². The lowest BCUT2D eigenvalue weighted by Crippen LogP contribution is -2.47. The summed E-state index contributed by atoms with van der Waals surface area (Å²) in [5.41, 5.74) is 4.13. The third-order valence-corrected chi connectivity index (χ3v) is 6.73. The van der Waals surface area contributed by atoms with Gasteiger partial charge in [0, 0.05) is 47.1 Å². The van der Waals surface area contributed by atoms with E-state index in [1.807, 2.05) is 6.07 Å². The molecule has 4 rings (SSSR count). The molecule has 0 aliphatic carbocycles. The van der Waals surface area contributed by atoms with Gasteiger partial charge in [-0.15, -0.1) is 0 Å². The highest BCUT2D eigenvalue weighted by molar-refractivity contribution is 5.89. The molecule has 3 heterocycles. The Morgan fingerprint density at radius 3 is 2.61 bits per heavy atom. The Bertz CT molecular complexity index is 996. The predicted octanol–water partition coefficient (Wildman–Crippen LogP) is 3.88. The molecule has 31 heavy (non-hydrogen) atoms. The van der Waals surface area contributed by atoms with Crippen LogP contribution < -0.4 is 14.8 Å². The van der Waals surface area contributed by atoms with Gasteiger partial charge >= 0.3 is 5.97 Å². The average molecular weight is 429 g/mol. The van der Waals surface area contributed by atoms with Crippen LogP contribution in [0.2, 0.25) is 0 Å². The smallest absolute Gasteiger partial charge is 0.337 e. The molecule has 0 saturated carbocycles. The molecule has 2 N–H and O–H groups in total. The first-order chi connectivity index (χ1) is 15.0. The zero-order valence-electron chi connectivity index (χ0n) is 18.9.